The Morgan fingerprint density at radius 3 is 2.41 bits per heavy atom. The van der Waals surface area contributed by atoms with E-state index in [0.29, 0.717) is 16.3 Å². The molecule has 0 unspecified atom stereocenters. The molecule has 0 bridgehead atoms. The van der Waals surface area contributed by atoms with Crippen LogP contribution in [-0.2, 0) is 10.2 Å². The van der Waals surface area contributed by atoms with E-state index < -0.39 is 18.0 Å². The van der Waals surface area contributed by atoms with Gasteiger partial charge in [-0.1, -0.05) is 71.4 Å². The zero-order chi connectivity index (χ0) is 27.0. The first-order valence-corrected chi connectivity index (χ1v) is 12.7. The second-order valence-electron chi connectivity index (χ2n) is 9.39. The van der Waals surface area contributed by atoms with Crippen LogP contribution in [0.15, 0.2) is 79.0 Å². The topological polar surface area (TPSA) is 111 Å². The normalized spacial score (nSPS) is 14.5. The SMILES string of the molecule is C[C@@H](OC(=O)Nc1c(F)cnn1-c1ccc(-c2ccc(C3(c4nn[nH]n4)CC3)cc2)cc1)c1ccccc1Cl. The molecule has 0 aliphatic heterocycles. The quantitative estimate of drug-likeness (QED) is 0.251. The molecule has 0 radical (unpaired) electrons. The van der Waals surface area contributed by atoms with Crippen LogP contribution in [0.1, 0.15) is 42.8 Å². The third-order valence-corrected chi connectivity index (χ3v) is 7.32. The first kappa shape index (κ1) is 24.7. The lowest BCUT2D eigenvalue weighted by molar-refractivity contribution is 0.121. The summed E-state index contributed by atoms with van der Waals surface area (Å²) < 4.78 is 21.3. The van der Waals surface area contributed by atoms with Gasteiger partial charge in [0.15, 0.2) is 17.5 Å². The van der Waals surface area contributed by atoms with Gasteiger partial charge < -0.3 is 4.74 Å². The van der Waals surface area contributed by atoms with Crippen LogP contribution in [-0.4, -0.2) is 36.5 Å². The van der Waals surface area contributed by atoms with Crippen molar-refractivity contribution in [1.82, 2.24) is 30.4 Å². The molecule has 1 saturated carbocycles. The summed E-state index contributed by atoms with van der Waals surface area (Å²) in [5.74, 6) is -0.0926. The third-order valence-electron chi connectivity index (χ3n) is 6.98. The number of aromatic amines is 1. The van der Waals surface area contributed by atoms with E-state index in [4.69, 9.17) is 16.3 Å². The Balaban J connectivity index is 1.17. The lowest BCUT2D eigenvalue weighted by Gasteiger charge is -2.16. The predicted molar refractivity (Wildman–Crippen MR) is 143 cm³/mol. The standard InChI is InChI=1S/C28H23ClFN7O2/c1-17(22-4-2-3-5-23(22)29)39-27(38)32-25-24(30)16-31-37(25)21-12-8-19(9-13-21)18-6-10-20(11-7-18)28(14-15-28)26-33-35-36-34-26/h2-13,16-17H,14-15H2,1H3,(H,32,38)(H,33,34,35,36)/t17-/m1/s1. The Hall–Kier alpha value is -4.57. The fourth-order valence-electron chi connectivity index (χ4n) is 4.70. The number of hydrogen-bond donors (Lipinski definition) is 2. The summed E-state index contributed by atoms with van der Waals surface area (Å²) in [7, 11) is 0. The Bertz CT molecular complexity index is 1610. The van der Waals surface area contributed by atoms with Crippen LogP contribution in [0.25, 0.3) is 16.8 Å². The summed E-state index contributed by atoms with van der Waals surface area (Å²) in [6.07, 6.45) is 1.56. The number of aromatic nitrogens is 6. The average Bonchev–Trinajstić information content (AvgIpc) is 3.40. The predicted octanol–water partition coefficient (Wildman–Crippen LogP) is 6.23. The fourth-order valence-corrected chi connectivity index (χ4v) is 4.99. The van der Waals surface area contributed by atoms with Crippen LogP contribution in [0.4, 0.5) is 15.0 Å². The van der Waals surface area contributed by atoms with E-state index in [-0.39, 0.29) is 11.2 Å². The number of carbonyl (C=O) groups excluding carboxylic acids is 1. The molecule has 0 saturated heterocycles. The second-order valence-corrected chi connectivity index (χ2v) is 9.80. The fraction of sp³-hybridized carbons (Fsp3) is 0.179. The number of nitrogens with one attached hydrogen (secondary N) is 2. The smallest absolute Gasteiger partial charge is 0.413 e. The molecule has 9 nitrogen and oxygen atoms in total. The summed E-state index contributed by atoms with van der Waals surface area (Å²) in [6, 6.07) is 22.8. The number of nitrogens with zero attached hydrogens (tertiary/aromatic N) is 5. The molecule has 1 aliphatic rings. The second kappa shape index (κ2) is 9.95. The van der Waals surface area contributed by atoms with Gasteiger partial charge in [-0.05, 0) is 54.7 Å². The van der Waals surface area contributed by atoms with Gasteiger partial charge >= 0.3 is 6.09 Å². The van der Waals surface area contributed by atoms with Crippen LogP contribution in [0.2, 0.25) is 5.02 Å². The summed E-state index contributed by atoms with van der Waals surface area (Å²) in [5.41, 5.74) is 4.22. The molecule has 0 spiro atoms. The number of amides is 1. The van der Waals surface area contributed by atoms with Crippen molar-refractivity contribution in [2.75, 3.05) is 5.32 Å². The summed E-state index contributed by atoms with van der Waals surface area (Å²) >= 11 is 6.19. The number of rotatable bonds is 7. The zero-order valence-corrected chi connectivity index (χ0v) is 21.6. The maximum absolute atomic E-state index is 14.6. The lowest BCUT2D eigenvalue weighted by atomic mass is 9.93. The van der Waals surface area contributed by atoms with Gasteiger partial charge in [-0.2, -0.15) is 10.3 Å². The number of anilines is 1. The van der Waals surface area contributed by atoms with E-state index in [0.717, 1.165) is 41.6 Å². The van der Waals surface area contributed by atoms with Crippen LogP contribution in [0, 0.1) is 5.82 Å². The number of carbonyl (C=O) groups is 1. The minimum absolute atomic E-state index is 0.125. The van der Waals surface area contributed by atoms with Gasteiger partial charge in [0, 0.05) is 10.6 Å². The molecular weight excluding hydrogens is 521 g/mol. The van der Waals surface area contributed by atoms with Gasteiger partial charge in [-0.15, -0.1) is 10.2 Å². The average molecular weight is 544 g/mol. The molecule has 11 heteroatoms. The highest BCUT2D eigenvalue weighted by Crippen LogP contribution is 2.52. The molecule has 2 N–H and O–H groups in total. The van der Waals surface area contributed by atoms with Gasteiger partial charge in [-0.3, -0.25) is 5.32 Å². The first-order valence-electron chi connectivity index (χ1n) is 12.4. The highest BCUT2D eigenvalue weighted by molar-refractivity contribution is 6.31. The molecular formula is C28H23ClFN7O2. The van der Waals surface area contributed by atoms with Crippen LogP contribution < -0.4 is 5.32 Å². The maximum Gasteiger partial charge on any atom is 0.413 e. The van der Waals surface area contributed by atoms with Crippen molar-refractivity contribution in [3.05, 3.63) is 107 Å². The highest BCUT2D eigenvalue weighted by atomic mass is 35.5. The molecule has 1 amide bonds. The minimum atomic E-state index is -0.825. The first-order chi connectivity index (χ1) is 18.9. The summed E-state index contributed by atoms with van der Waals surface area (Å²) in [5, 5.41) is 21.6. The third kappa shape index (κ3) is 4.74. The molecule has 5 aromatic rings. The van der Waals surface area contributed by atoms with Crippen molar-refractivity contribution in [2.45, 2.75) is 31.3 Å². The molecule has 1 fully saturated rings. The molecule has 2 heterocycles. The van der Waals surface area contributed by atoms with Gasteiger partial charge in [0.1, 0.15) is 6.10 Å². The van der Waals surface area contributed by atoms with Crippen molar-refractivity contribution in [1.29, 1.82) is 0 Å². The van der Waals surface area contributed by atoms with Crippen molar-refractivity contribution >= 4 is 23.5 Å². The number of hydrogen-bond acceptors (Lipinski definition) is 6. The Labute approximate surface area is 228 Å². The van der Waals surface area contributed by atoms with E-state index in [1.54, 1.807) is 43.3 Å². The Kier molecular flexibility index (Phi) is 6.32. The number of H-pyrrole nitrogens is 1. The molecule has 2 aromatic heterocycles. The number of benzene rings is 3. The van der Waals surface area contributed by atoms with E-state index in [1.165, 1.54) is 4.68 Å². The maximum atomic E-state index is 14.6. The van der Waals surface area contributed by atoms with E-state index in [2.05, 4.69) is 55.3 Å². The van der Waals surface area contributed by atoms with E-state index >= 15 is 0 Å². The van der Waals surface area contributed by atoms with Crippen molar-refractivity contribution in [3.63, 3.8) is 0 Å². The van der Waals surface area contributed by atoms with Crippen LogP contribution in [0.3, 0.4) is 0 Å². The highest BCUT2D eigenvalue weighted by Gasteiger charge is 2.49. The number of halogens is 2. The molecule has 196 valence electrons. The van der Waals surface area contributed by atoms with E-state index in [9.17, 15) is 9.18 Å². The molecule has 3 aromatic carbocycles. The minimum Gasteiger partial charge on any atom is -0.441 e. The number of ether oxygens (including phenoxy) is 1. The van der Waals surface area contributed by atoms with Crippen LogP contribution in [0.5, 0.6) is 0 Å². The summed E-state index contributed by atoms with van der Waals surface area (Å²) in [4.78, 5) is 12.6. The van der Waals surface area contributed by atoms with Crippen molar-refractivity contribution < 1.29 is 13.9 Å². The van der Waals surface area contributed by atoms with Gasteiger partial charge in [0.25, 0.3) is 0 Å². The van der Waals surface area contributed by atoms with E-state index in [1.807, 2.05) is 12.1 Å². The Morgan fingerprint density at radius 2 is 1.77 bits per heavy atom. The van der Waals surface area contributed by atoms with Gasteiger partial charge in [0.05, 0.1) is 17.3 Å². The zero-order valence-electron chi connectivity index (χ0n) is 20.8. The number of tetrazole rings is 1. The molecule has 39 heavy (non-hydrogen) atoms. The monoisotopic (exact) mass is 543 g/mol. The largest absolute Gasteiger partial charge is 0.441 e. The summed E-state index contributed by atoms with van der Waals surface area (Å²) in [6.45, 7) is 1.69. The van der Waals surface area contributed by atoms with Crippen LogP contribution >= 0.6 is 11.6 Å². The molecule has 1 aliphatic carbocycles. The van der Waals surface area contributed by atoms with Crippen molar-refractivity contribution in [2.24, 2.45) is 0 Å². The van der Waals surface area contributed by atoms with Crippen molar-refractivity contribution in [3.8, 4) is 16.8 Å². The van der Waals surface area contributed by atoms with Gasteiger partial charge in [0.2, 0.25) is 0 Å². The molecule has 6 rings (SSSR count). The van der Waals surface area contributed by atoms with Gasteiger partial charge in [-0.25, -0.2) is 13.9 Å². The lowest BCUT2D eigenvalue weighted by Crippen LogP contribution is -2.19. The Morgan fingerprint density at radius 1 is 1.08 bits per heavy atom. The molecule has 1 atom stereocenters.